The molecule has 0 bridgehead atoms. The van der Waals surface area contributed by atoms with Crippen molar-refractivity contribution in [3.63, 3.8) is 0 Å². The highest BCUT2D eigenvalue weighted by Crippen LogP contribution is 2.37. The molecule has 5 rings (SSSR count). The number of esters is 1. The normalized spacial score (nSPS) is 15.2. The van der Waals surface area contributed by atoms with Crippen LogP contribution >= 0.6 is 0 Å². The summed E-state index contributed by atoms with van der Waals surface area (Å²) in [5.41, 5.74) is 3.89. The lowest BCUT2D eigenvalue weighted by Gasteiger charge is -2.41. The maximum absolute atomic E-state index is 13.3. The van der Waals surface area contributed by atoms with Gasteiger partial charge < -0.3 is 28.6 Å². The van der Waals surface area contributed by atoms with E-state index in [4.69, 9.17) is 23.7 Å². The van der Waals surface area contributed by atoms with E-state index >= 15 is 0 Å². The first-order valence-corrected chi connectivity index (χ1v) is 15.8. The predicted molar refractivity (Wildman–Crippen MR) is 181 cm³/mol. The van der Waals surface area contributed by atoms with Crippen LogP contribution in [0.1, 0.15) is 59.4 Å². The third-order valence-corrected chi connectivity index (χ3v) is 8.37. The fourth-order valence-electron chi connectivity index (χ4n) is 6.07. The molecule has 11 heteroatoms. The Balaban J connectivity index is 1.51. The highest BCUT2D eigenvalue weighted by Gasteiger charge is 2.34. The summed E-state index contributed by atoms with van der Waals surface area (Å²) in [6, 6.07) is 18.4. The SMILES string of the molecule is COC(=O)c1ccc(C2CN(C(=O)OCc3ccccc3)CCN2Cc2c(OC)cc(C)c3c2ccn3C(=O)OC(C)(C)C)cc1OC. The van der Waals surface area contributed by atoms with Gasteiger partial charge in [0.2, 0.25) is 0 Å². The minimum absolute atomic E-state index is 0.166. The molecular weight excluding hydrogens is 614 g/mol. The number of rotatable bonds is 8. The molecule has 0 saturated carbocycles. The van der Waals surface area contributed by atoms with Crippen LogP contribution in [0.4, 0.5) is 9.59 Å². The summed E-state index contributed by atoms with van der Waals surface area (Å²) in [5.74, 6) is 0.545. The molecule has 3 aromatic carbocycles. The number of aryl methyl sites for hydroxylation is 1. The van der Waals surface area contributed by atoms with Gasteiger partial charge in [0, 0.05) is 43.3 Å². The molecule has 4 aromatic rings. The number of amides is 1. The van der Waals surface area contributed by atoms with E-state index < -0.39 is 23.8 Å². The molecule has 0 spiro atoms. The first kappa shape index (κ1) is 34.3. The number of methoxy groups -OCH3 is 3. The summed E-state index contributed by atoms with van der Waals surface area (Å²) >= 11 is 0. The minimum Gasteiger partial charge on any atom is -0.496 e. The molecule has 1 aliphatic heterocycles. The van der Waals surface area contributed by atoms with Crippen LogP contribution in [0.15, 0.2) is 66.9 Å². The van der Waals surface area contributed by atoms with Gasteiger partial charge in [0.25, 0.3) is 0 Å². The van der Waals surface area contributed by atoms with E-state index in [2.05, 4.69) is 4.90 Å². The van der Waals surface area contributed by atoms with E-state index in [0.717, 1.165) is 33.2 Å². The number of aromatic nitrogens is 1. The standard InChI is InChI=1S/C37H43N3O8/c1-24-19-31(44-5)29(27-15-16-40(33(24)27)36(43)48-37(2,3)4)21-38-17-18-39(35(42)47-23-25-11-9-8-10-12-25)22-30(38)26-13-14-28(34(41)46-7)32(20-26)45-6/h8-16,19-20,30H,17-18,21-23H2,1-7H3. The maximum Gasteiger partial charge on any atom is 0.419 e. The van der Waals surface area contributed by atoms with Gasteiger partial charge in [-0.15, -0.1) is 0 Å². The van der Waals surface area contributed by atoms with Gasteiger partial charge in [0.15, 0.2) is 0 Å². The Kier molecular flexibility index (Phi) is 10.3. The molecule has 0 radical (unpaired) electrons. The van der Waals surface area contributed by atoms with Gasteiger partial charge in [-0.05, 0) is 68.7 Å². The Bertz CT molecular complexity index is 1790. The molecule has 1 aliphatic rings. The third-order valence-electron chi connectivity index (χ3n) is 8.37. The largest absolute Gasteiger partial charge is 0.496 e. The number of hydrogen-bond acceptors (Lipinski definition) is 9. The predicted octanol–water partition coefficient (Wildman–Crippen LogP) is 6.73. The molecule has 1 amide bonds. The van der Waals surface area contributed by atoms with Crippen LogP contribution in [0.3, 0.4) is 0 Å². The van der Waals surface area contributed by atoms with Crippen molar-refractivity contribution < 1.29 is 38.1 Å². The molecular formula is C37H43N3O8. The summed E-state index contributed by atoms with van der Waals surface area (Å²) in [6.07, 6.45) is 0.852. The van der Waals surface area contributed by atoms with E-state index in [1.165, 1.54) is 18.8 Å². The molecule has 1 fully saturated rings. The molecule has 1 aromatic heterocycles. The molecule has 0 N–H and O–H groups in total. The zero-order valence-electron chi connectivity index (χ0n) is 28.6. The number of benzene rings is 3. The fourth-order valence-corrected chi connectivity index (χ4v) is 6.07. The van der Waals surface area contributed by atoms with E-state index in [1.807, 2.05) is 82.3 Å². The fraction of sp³-hybridized carbons (Fsp3) is 0.378. The van der Waals surface area contributed by atoms with Crippen molar-refractivity contribution in [2.45, 2.75) is 52.5 Å². The van der Waals surface area contributed by atoms with Crippen LogP contribution in [0, 0.1) is 6.92 Å². The van der Waals surface area contributed by atoms with Gasteiger partial charge in [-0.2, -0.15) is 0 Å². The molecule has 1 saturated heterocycles. The van der Waals surface area contributed by atoms with Crippen molar-refractivity contribution in [1.82, 2.24) is 14.4 Å². The average Bonchev–Trinajstić information content (AvgIpc) is 3.54. The quantitative estimate of drug-likeness (QED) is 0.151. The zero-order valence-corrected chi connectivity index (χ0v) is 28.6. The zero-order chi connectivity index (χ0) is 34.6. The number of ether oxygens (including phenoxy) is 5. The van der Waals surface area contributed by atoms with Crippen molar-refractivity contribution in [3.05, 3.63) is 94.7 Å². The Morgan fingerprint density at radius 1 is 0.875 bits per heavy atom. The first-order valence-electron chi connectivity index (χ1n) is 15.8. The highest BCUT2D eigenvalue weighted by atomic mass is 16.6. The summed E-state index contributed by atoms with van der Waals surface area (Å²) in [5, 5.41) is 0.861. The van der Waals surface area contributed by atoms with Gasteiger partial charge in [-0.25, -0.2) is 14.4 Å². The van der Waals surface area contributed by atoms with E-state index in [9.17, 15) is 14.4 Å². The number of carbonyl (C=O) groups excluding carboxylic acids is 3. The van der Waals surface area contributed by atoms with E-state index in [0.29, 0.717) is 43.2 Å². The first-order chi connectivity index (χ1) is 22.9. The molecule has 0 aliphatic carbocycles. The molecule has 11 nitrogen and oxygen atoms in total. The van der Waals surface area contributed by atoms with Gasteiger partial charge in [-0.1, -0.05) is 36.4 Å². The Hall–Kier alpha value is -5.03. The Morgan fingerprint density at radius 2 is 1.60 bits per heavy atom. The van der Waals surface area contributed by atoms with Crippen molar-refractivity contribution in [2.24, 2.45) is 0 Å². The summed E-state index contributed by atoms with van der Waals surface area (Å²) in [7, 11) is 4.45. The Morgan fingerprint density at radius 3 is 2.27 bits per heavy atom. The van der Waals surface area contributed by atoms with Crippen molar-refractivity contribution >= 4 is 29.1 Å². The number of carbonyl (C=O) groups is 3. The average molecular weight is 658 g/mol. The molecule has 2 heterocycles. The van der Waals surface area contributed by atoms with Gasteiger partial charge >= 0.3 is 18.2 Å². The topological polar surface area (TPSA) is 109 Å². The number of hydrogen-bond donors (Lipinski definition) is 0. The van der Waals surface area contributed by atoms with Gasteiger partial charge in [0.1, 0.15) is 29.3 Å². The van der Waals surface area contributed by atoms with Crippen LogP contribution in [0.5, 0.6) is 11.5 Å². The molecule has 48 heavy (non-hydrogen) atoms. The lowest BCUT2D eigenvalue weighted by molar-refractivity contribution is 0.0433. The van der Waals surface area contributed by atoms with Crippen molar-refractivity contribution in [1.29, 1.82) is 0 Å². The summed E-state index contributed by atoms with van der Waals surface area (Å²) < 4.78 is 29.4. The second-order valence-electron chi connectivity index (χ2n) is 12.7. The summed E-state index contributed by atoms with van der Waals surface area (Å²) in [4.78, 5) is 42.9. The second-order valence-corrected chi connectivity index (χ2v) is 12.7. The highest BCUT2D eigenvalue weighted by molar-refractivity contribution is 5.95. The molecule has 1 unspecified atom stereocenters. The van der Waals surface area contributed by atoms with Crippen LogP contribution in [-0.2, 0) is 27.4 Å². The summed E-state index contributed by atoms with van der Waals surface area (Å²) in [6.45, 7) is 9.31. The van der Waals surface area contributed by atoms with Gasteiger partial charge in [0.05, 0.1) is 32.9 Å². The molecule has 254 valence electrons. The van der Waals surface area contributed by atoms with E-state index in [1.54, 1.807) is 24.3 Å². The van der Waals surface area contributed by atoms with Crippen molar-refractivity contribution in [2.75, 3.05) is 41.0 Å². The second kappa shape index (κ2) is 14.4. The minimum atomic E-state index is -0.656. The Labute approximate surface area is 280 Å². The monoisotopic (exact) mass is 657 g/mol. The van der Waals surface area contributed by atoms with Crippen LogP contribution < -0.4 is 9.47 Å². The van der Waals surface area contributed by atoms with Crippen molar-refractivity contribution in [3.8, 4) is 11.5 Å². The lowest BCUT2D eigenvalue weighted by Crippen LogP contribution is -2.50. The number of fused-ring (bicyclic) bond motifs is 1. The van der Waals surface area contributed by atoms with Gasteiger partial charge in [-0.3, -0.25) is 9.47 Å². The number of piperazine rings is 1. The smallest absolute Gasteiger partial charge is 0.419 e. The van der Waals surface area contributed by atoms with Crippen LogP contribution in [0.2, 0.25) is 0 Å². The van der Waals surface area contributed by atoms with Crippen LogP contribution in [0.25, 0.3) is 10.9 Å². The van der Waals surface area contributed by atoms with Crippen LogP contribution in [-0.4, -0.2) is 79.1 Å². The molecule has 1 atom stereocenters. The van der Waals surface area contributed by atoms with E-state index in [-0.39, 0.29) is 12.6 Å². The lowest BCUT2D eigenvalue weighted by atomic mass is 9.98. The third kappa shape index (κ3) is 7.41. The maximum atomic E-state index is 13.3. The number of nitrogens with zero attached hydrogens (tertiary/aromatic N) is 3.